The van der Waals surface area contributed by atoms with Crippen molar-refractivity contribution in [2.24, 2.45) is 0 Å². The zero-order chi connectivity index (χ0) is 20.6. The Bertz CT molecular complexity index is 923. The average molecular weight is 409 g/mol. The third-order valence-electron chi connectivity index (χ3n) is 4.92. The summed E-state index contributed by atoms with van der Waals surface area (Å²) in [4.78, 5) is 27.4. The summed E-state index contributed by atoms with van der Waals surface area (Å²) in [6, 6.07) is 4.94. The van der Waals surface area contributed by atoms with Gasteiger partial charge < -0.3 is 14.5 Å². The van der Waals surface area contributed by atoms with Gasteiger partial charge in [0.05, 0.1) is 18.8 Å². The highest BCUT2D eigenvalue weighted by atomic mass is 19.4. The van der Waals surface area contributed by atoms with E-state index in [1.807, 2.05) is 0 Å². The molecule has 0 bridgehead atoms. The number of likely N-dealkylation sites (tertiary alicyclic amines) is 2. The highest BCUT2D eigenvalue weighted by Gasteiger charge is 2.35. The number of halogens is 3. The number of aromatic nitrogens is 3. The molecule has 3 heterocycles. The predicted octanol–water partition coefficient (Wildman–Crippen LogP) is 2.00. The second-order valence-corrected chi connectivity index (χ2v) is 7.05. The van der Waals surface area contributed by atoms with Crippen molar-refractivity contribution in [3.63, 3.8) is 0 Å². The number of carbonyl (C=O) groups is 2. The molecule has 2 fully saturated rings. The van der Waals surface area contributed by atoms with Gasteiger partial charge in [-0.3, -0.25) is 9.59 Å². The molecule has 0 saturated carbocycles. The number of nitrogens with zero attached hydrogens (tertiary/aromatic N) is 5. The molecule has 2 saturated heterocycles. The molecule has 2 aliphatic rings. The Morgan fingerprint density at radius 2 is 2.07 bits per heavy atom. The van der Waals surface area contributed by atoms with E-state index < -0.39 is 12.1 Å². The monoisotopic (exact) mass is 409 g/mol. The van der Waals surface area contributed by atoms with E-state index in [-0.39, 0.29) is 23.4 Å². The molecule has 2 aliphatic heterocycles. The second-order valence-electron chi connectivity index (χ2n) is 7.05. The van der Waals surface area contributed by atoms with Crippen molar-refractivity contribution in [3.8, 4) is 5.75 Å². The molecule has 1 aromatic carbocycles. The van der Waals surface area contributed by atoms with Crippen molar-refractivity contribution in [1.29, 1.82) is 0 Å². The summed E-state index contributed by atoms with van der Waals surface area (Å²) in [6.45, 7) is 1.87. The van der Waals surface area contributed by atoms with Crippen LogP contribution >= 0.6 is 0 Å². The van der Waals surface area contributed by atoms with Crippen LogP contribution in [0.25, 0.3) is 0 Å². The Morgan fingerprint density at radius 3 is 2.76 bits per heavy atom. The first kappa shape index (κ1) is 19.2. The van der Waals surface area contributed by atoms with Gasteiger partial charge in [0.2, 0.25) is 5.91 Å². The van der Waals surface area contributed by atoms with E-state index in [9.17, 15) is 22.8 Å². The SMILES string of the molecule is O=C1CCCN1Cc1cn(C2CN(C(=O)c3cccc(OC(F)(F)F)c3)C2)nn1. The van der Waals surface area contributed by atoms with E-state index >= 15 is 0 Å². The third-order valence-corrected chi connectivity index (χ3v) is 4.92. The minimum absolute atomic E-state index is 0.0657. The van der Waals surface area contributed by atoms with Crippen LogP contribution in [0.1, 0.15) is 34.9 Å². The number of hydrogen-bond donors (Lipinski definition) is 0. The molecule has 4 rings (SSSR count). The Labute approximate surface area is 163 Å². The van der Waals surface area contributed by atoms with Crippen LogP contribution in [0.2, 0.25) is 0 Å². The van der Waals surface area contributed by atoms with Crippen LogP contribution in [0.3, 0.4) is 0 Å². The summed E-state index contributed by atoms with van der Waals surface area (Å²) in [5, 5.41) is 8.16. The number of alkyl halides is 3. The van der Waals surface area contributed by atoms with E-state index in [4.69, 9.17) is 0 Å². The summed E-state index contributed by atoms with van der Waals surface area (Å²) in [6.07, 6.45) is -1.64. The molecule has 29 heavy (non-hydrogen) atoms. The van der Waals surface area contributed by atoms with E-state index in [1.165, 1.54) is 17.0 Å². The molecule has 1 aromatic heterocycles. The topological polar surface area (TPSA) is 80.6 Å². The molecule has 2 aromatic rings. The van der Waals surface area contributed by atoms with Crippen molar-refractivity contribution >= 4 is 11.8 Å². The highest BCUT2D eigenvalue weighted by Crippen LogP contribution is 2.27. The Morgan fingerprint density at radius 1 is 1.28 bits per heavy atom. The highest BCUT2D eigenvalue weighted by molar-refractivity contribution is 5.95. The maximum Gasteiger partial charge on any atom is 0.573 e. The van der Waals surface area contributed by atoms with Crippen LogP contribution in [0.5, 0.6) is 5.75 Å². The summed E-state index contributed by atoms with van der Waals surface area (Å²) in [5.74, 6) is -0.702. The molecule has 11 heteroatoms. The number of hydrogen-bond acceptors (Lipinski definition) is 5. The molecule has 0 atom stereocenters. The zero-order valence-electron chi connectivity index (χ0n) is 15.3. The lowest BCUT2D eigenvalue weighted by atomic mass is 10.1. The van der Waals surface area contributed by atoms with Gasteiger partial charge in [0, 0.05) is 31.6 Å². The van der Waals surface area contributed by atoms with Crippen LogP contribution in [-0.2, 0) is 11.3 Å². The normalized spacial score (nSPS) is 17.6. The van der Waals surface area contributed by atoms with E-state index in [0.29, 0.717) is 38.3 Å². The average Bonchev–Trinajstić information content (AvgIpc) is 3.22. The quantitative estimate of drug-likeness (QED) is 0.755. The lowest BCUT2D eigenvalue weighted by molar-refractivity contribution is -0.274. The van der Waals surface area contributed by atoms with Crippen LogP contribution in [0, 0.1) is 0 Å². The molecule has 0 aliphatic carbocycles. The van der Waals surface area contributed by atoms with Crippen LogP contribution in [-0.4, -0.2) is 62.6 Å². The van der Waals surface area contributed by atoms with Crippen molar-refractivity contribution in [3.05, 3.63) is 41.7 Å². The van der Waals surface area contributed by atoms with Gasteiger partial charge in [-0.2, -0.15) is 0 Å². The predicted molar refractivity (Wildman–Crippen MR) is 92.7 cm³/mol. The summed E-state index contributed by atoms with van der Waals surface area (Å²) >= 11 is 0. The van der Waals surface area contributed by atoms with E-state index in [1.54, 1.807) is 15.8 Å². The zero-order valence-corrected chi connectivity index (χ0v) is 15.3. The molecule has 154 valence electrons. The van der Waals surface area contributed by atoms with Crippen LogP contribution in [0.4, 0.5) is 13.2 Å². The van der Waals surface area contributed by atoms with Crippen LogP contribution in [0.15, 0.2) is 30.5 Å². The summed E-state index contributed by atoms with van der Waals surface area (Å²) in [5.41, 5.74) is 0.805. The minimum Gasteiger partial charge on any atom is -0.406 e. The first-order valence-electron chi connectivity index (χ1n) is 9.12. The fourth-order valence-electron chi connectivity index (χ4n) is 3.43. The lowest BCUT2D eigenvalue weighted by Gasteiger charge is -2.38. The lowest BCUT2D eigenvalue weighted by Crippen LogP contribution is -2.50. The van der Waals surface area contributed by atoms with Gasteiger partial charge in [0.1, 0.15) is 11.4 Å². The van der Waals surface area contributed by atoms with Gasteiger partial charge >= 0.3 is 6.36 Å². The molecule has 0 N–H and O–H groups in total. The van der Waals surface area contributed by atoms with Crippen molar-refractivity contribution in [1.82, 2.24) is 24.8 Å². The molecular weight excluding hydrogens is 391 g/mol. The number of rotatable bonds is 5. The molecular formula is C18H18F3N5O3. The maximum absolute atomic E-state index is 12.5. The maximum atomic E-state index is 12.5. The van der Waals surface area contributed by atoms with Gasteiger partial charge in [0.25, 0.3) is 5.91 Å². The largest absolute Gasteiger partial charge is 0.573 e. The Hall–Kier alpha value is -3.11. The van der Waals surface area contributed by atoms with Crippen molar-refractivity contribution < 1.29 is 27.5 Å². The molecule has 8 nitrogen and oxygen atoms in total. The Balaban J connectivity index is 1.33. The smallest absolute Gasteiger partial charge is 0.406 e. The van der Waals surface area contributed by atoms with Crippen LogP contribution < -0.4 is 4.74 Å². The summed E-state index contributed by atoms with van der Waals surface area (Å²) in [7, 11) is 0. The molecule has 0 unspecified atom stereocenters. The third kappa shape index (κ3) is 4.33. The number of benzene rings is 1. The Kier molecular flexibility index (Phi) is 4.89. The minimum atomic E-state index is -4.81. The molecule has 2 amide bonds. The number of ether oxygens (including phenoxy) is 1. The molecule has 0 spiro atoms. The first-order valence-corrected chi connectivity index (χ1v) is 9.12. The van der Waals surface area contributed by atoms with Crippen molar-refractivity contribution in [2.45, 2.75) is 31.8 Å². The molecule has 0 radical (unpaired) electrons. The second kappa shape index (κ2) is 7.37. The standard InChI is InChI=1S/C18H18F3N5O3/c19-18(20,21)29-15-4-1-3-12(7-15)17(28)25-10-14(11-25)26-9-13(22-23-26)8-24-6-2-5-16(24)27/h1,3-4,7,9,14H,2,5-6,8,10-11H2. The van der Waals surface area contributed by atoms with Gasteiger partial charge in [-0.05, 0) is 24.6 Å². The van der Waals surface area contributed by atoms with E-state index in [0.717, 1.165) is 18.6 Å². The van der Waals surface area contributed by atoms with Gasteiger partial charge in [-0.15, -0.1) is 18.3 Å². The fourth-order valence-corrected chi connectivity index (χ4v) is 3.43. The number of amides is 2. The van der Waals surface area contributed by atoms with Gasteiger partial charge in [-0.25, -0.2) is 4.68 Å². The number of carbonyl (C=O) groups excluding carboxylic acids is 2. The van der Waals surface area contributed by atoms with E-state index in [2.05, 4.69) is 15.0 Å². The van der Waals surface area contributed by atoms with Crippen molar-refractivity contribution in [2.75, 3.05) is 19.6 Å². The first-order chi connectivity index (χ1) is 13.8. The van der Waals surface area contributed by atoms with Gasteiger partial charge in [-0.1, -0.05) is 11.3 Å². The summed E-state index contributed by atoms with van der Waals surface area (Å²) < 4.78 is 42.6. The fraction of sp³-hybridized carbons (Fsp3) is 0.444. The van der Waals surface area contributed by atoms with Gasteiger partial charge in [0.15, 0.2) is 0 Å².